The molecule has 0 aromatic carbocycles. The summed E-state index contributed by atoms with van der Waals surface area (Å²) < 4.78 is 37.5. The van der Waals surface area contributed by atoms with Gasteiger partial charge in [-0.3, -0.25) is 0 Å². The van der Waals surface area contributed by atoms with Crippen LogP contribution in [0.1, 0.15) is 19.1 Å². The number of alkyl halides is 1. The van der Waals surface area contributed by atoms with E-state index < -0.39 is 10.0 Å². The Kier molecular flexibility index (Phi) is 4.94. The minimum absolute atomic E-state index is 0.115. The number of sulfonamides is 1. The number of hydrogen-bond donors (Lipinski definition) is 0. The highest BCUT2D eigenvalue weighted by molar-refractivity contribution is 9.10. The summed E-state index contributed by atoms with van der Waals surface area (Å²) in [6, 6.07) is 1.46. The highest BCUT2D eigenvalue weighted by atomic mass is 79.9. The van der Waals surface area contributed by atoms with Gasteiger partial charge >= 0.3 is 0 Å². The summed E-state index contributed by atoms with van der Waals surface area (Å²) in [4.78, 5) is 0.122. The van der Waals surface area contributed by atoms with Crippen LogP contribution in [0.4, 0.5) is 0 Å². The van der Waals surface area contributed by atoms with E-state index in [0.29, 0.717) is 31.9 Å². The predicted octanol–water partition coefficient (Wildman–Crippen LogP) is 2.58. The van der Waals surface area contributed by atoms with Gasteiger partial charge in [-0.25, -0.2) is 8.42 Å². The smallest absolute Gasteiger partial charge is 0.247 e. The van der Waals surface area contributed by atoms with Gasteiger partial charge in [0.25, 0.3) is 0 Å². The zero-order chi connectivity index (χ0) is 14.0. The van der Waals surface area contributed by atoms with Crippen LogP contribution in [-0.4, -0.2) is 38.5 Å². The van der Waals surface area contributed by atoms with Crippen molar-refractivity contribution in [3.63, 3.8) is 0 Å². The Morgan fingerprint density at radius 1 is 1.58 bits per heavy atom. The van der Waals surface area contributed by atoms with E-state index >= 15 is 0 Å². The maximum absolute atomic E-state index is 12.6. The Balaban J connectivity index is 2.32. The van der Waals surface area contributed by atoms with Crippen LogP contribution >= 0.6 is 27.5 Å². The van der Waals surface area contributed by atoms with Crippen molar-refractivity contribution in [2.75, 3.05) is 19.7 Å². The van der Waals surface area contributed by atoms with Crippen molar-refractivity contribution < 1.29 is 17.6 Å². The topological polar surface area (TPSA) is 59.8 Å². The van der Waals surface area contributed by atoms with Crippen LogP contribution in [0.3, 0.4) is 0 Å². The molecule has 1 saturated heterocycles. The van der Waals surface area contributed by atoms with E-state index in [1.54, 1.807) is 0 Å². The van der Waals surface area contributed by atoms with Crippen molar-refractivity contribution in [2.24, 2.45) is 0 Å². The Hall–Kier alpha value is -0.0800. The van der Waals surface area contributed by atoms with Crippen LogP contribution in [0.25, 0.3) is 0 Å². The lowest BCUT2D eigenvalue weighted by Gasteiger charge is -2.20. The van der Waals surface area contributed by atoms with Crippen molar-refractivity contribution >= 4 is 37.6 Å². The van der Waals surface area contributed by atoms with Gasteiger partial charge in [0.15, 0.2) is 4.67 Å². The summed E-state index contributed by atoms with van der Waals surface area (Å²) >= 11 is 8.79. The van der Waals surface area contributed by atoms with Crippen molar-refractivity contribution in [1.29, 1.82) is 0 Å². The van der Waals surface area contributed by atoms with Gasteiger partial charge < -0.3 is 9.15 Å². The molecule has 0 bridgehead atoms. The predicted molar refractivity (Wildman–Crippen MR) is 74.8 cm³/mol. The van der Waals surface area contributed by atoms with Crippen LogP contribution < -0.4 is 0 Å². The van der Waals surface area contributed by atoms with Crippen molar-refractivity contribution in [3.8, 4) is 0 Å². The molecule has 2 heterocycles. The summed E-state index contributed by atoms with van der Waals surface area (Å²) in [5.74, 6) is 0.555. The molecular formula is C11H15BrClNO4S. The fourth-order valence-corrected chi connectivity index (χ4v) is 4.60. The van der Waals surface area contributed by atoms with E-state index in [1.165, 1.54) is 10.4 Å². The first-order valence-corrected chi connectivity index (χ1v) is 8.68. The second-order valence-electron chi connectivity index (χ2n) is 4.38. The van der Waals surface area contributed by atoms with Gasteiger partial charge in [-0.15, -0.1) is 11.6 Å². The Bertz CT molecular complexity index is 545. The van der Waals surface area contributed by atoms with Crippen LogP contribution in [0.2, 0.25) is 0 Å². The molecule has 108 valence electrons. The van der Waals surface area contributed by atoms with E-state index in [1.807, 2.05) is 6.92 Å². The summed E-state index contributed by atoms with van der Waals surface area (Å²) in [5, 5.41) is 0. The number of ether oxygens (including phenoxy) is 1. The lowest BCUT2D eigenvalue weighted by molar-refractivity contribution is 0.0752. The molecule has 2 rings (SSSR count). The molecule has 1 aliphatic heterocycles. The first-order valence-electron chi connectivity index (χ1n) is 5.91. The molecule has 1 aromatic rings. The molecule has 1 unspecified atom stereocenters. The largest absolute Gasteiger partial charge is 0.452 e. The van der Waals surface area contributed by atoms with Crippen LogP contribution in [-0.2, 0) is 20.6 Å². The Morgan fingerprint density at radius 3 is 2.95 bits per heavy atom. The maximum atomic E-state index is 12.6. The summed E-state index contributed by atoms with van der Waals surface area (Å²) in [7, 11) is -3.58. The second kappa shape index (κ2) is 6.13. The quantitative estimate of drug-likeness (QED) is 0.765. The van der Waals surface area contributed by atoms with E-state index in [0.717, 1.165) is 0 Å². The van der Waals surface area contributed by atoms with Crippen molar-refractivity contribution in [3.05, 3.63) is 16.5 Å². The molecule has 1 atom stereocenters. The van der Waals surface area contributed by atoms with Crippen molar-refractivity contribution in [1.82, 2.24) is 4.31 Å². The number of halogens is 2. The molecular weight excluding hydrogens is 358 g/mol. The molecule has 1 fully saturated rings. The van der Waals surface area contributed by atoms with Gasteiger partial charge in [0.05, 0.1) is 12.0 Å². The highest BCUT2D eigenvalue weighted by Gasteiger charge is 2.31. The van der Waals surface area contributed by atoms with Gasteiger partial charge in [0.2, 0.25) is 10.0 Å². The third-order valence-corrected chi connectivity index (χ3v) is 5.86. The van der Waals surface area contributed by atoms with E-state index in [4.69, 9.17) is 20.8 Å². The maximum Gasteiger partial charge on any atom is 0.247 e. The molecule has 19 heavy (non-hydrogen) atoms. The SMILES string of the molecule is CC1CN(S(=O)(=O)c2cc(CCl)oc2Br)CCCO1. The third kappa shape index (κ3) is 3.33. The molecule has 0 aliphatic carbocycles. The second-order valence-corrected chi connectivity index (χ2v) is 7.28. The fraction of sp³-hybridized carbons (Fsp3) is 0.636. The molecule has 0 spiro atoms. The highest BCUT2D eigenvalue weighted by Crippen LogP contribution is 2.30. The molecule has 5 nitrogen and oxygen atoms in total. The first kappa shape index (κ1) is 15.3. The van der Waals surface area contributed by atoms with E-state index in [-0.39, 0.29) is 21.5 Å². The van der Waals surface area contributed by atoms with Crippen LogP contribution in [0.15, 0.2) is 20.0 Å². The van der Waals surface area contributed by atoms with Crippen LogP contribution in [0.5, 0.6) is 0 Å². The van der Waals surface area contributed by atoms with E-state index in [9.17, 15) is 8.42 Å². The van der Waals surface area contributed by atoms with E-state index in [2.05, 4.69) is 15.9 Å². The molecule has 0 saturated carbocycles. The molecule has 0 amide bonds. The van der Waals surface area contributed by atoms with Crippen molar-refractivity contribution in [2.45, 2.75) is 30.2 Å². The molecule has 0 N–H and O–H groups in total. The standard InChI is InChI=1S/C11H15BrClNO4S/c1-8-7-14(3-2-4-17-8)19(15,16)10-5-9(6-13)18-11(10)12/h5,8H,2-4,6-7H2,1H3. The van der Waals surface area contributed by atoms with Gasteiger partial charge in [-0.05, 0) is 29.3 Å². The average Bonchev–Trinajstić information content (AvgIpc) is 2.60. The van der Waals surface area contributed by atoms with Gasteiger partial charge in [0, 0.05) is 25.8 Å². The summed E-state index contributed by atoms with van der Waals surface area (Å²) in [5.41, 5.74) is 0. The lowest BCUT2D eigenvalue weighted by atomic mass is 10.4. The Labute approximate surface area is 126 Å². The summed E-state index contributed by atoms with van der Waals surface area (Å²) in [6.45, 7) is 3.23. The normalized spacial score (nSPS) is 22.4. The van der Waals surface area contributed by atoms with Crippen LogP contribution in [0, 0.1) is 0 Å². The lowest BCUT2D eigenvalue weighted by Crippen LogP contribution is -2.35. The fourth-order valence-electron chi connectivity index (χ4n) is 1.95. The monoisotopic (exact) mass is 371 g/mol. The zero-order valence-electron chi connectivity index (χ0n) is 10.4. The third-order valence-electron chi connectivity index (χ3n) is 2.87. The number of nitrogens with zero attached hydrogens (tertiary/aromatic N) is 1. The summed E-state index contributed by atoms with van der Waals surface area (Å²) in [6.07, 6.45) is 0.567. The minimum Gasteiger partial charge on any atom is -0.452 e. The molecule has 1 aliphatic rings. The number of hydrogen-bond acceptors (Lipinski definition) is 4. The zero-order valence-corrected chi connectivity index (χ0v) is 13.6. The molecule has 0 radical (unpaired) electrons. The first-order chi connectivity index (χ1) is 8.95. The van der Waals surface area contributed by atoms with Gasteiger partial charge in [-0.1, -0.05) is 0 Å². The minimum atomic E-state index is -3.58. The number of furan rings is 1. The molecule has 8 heteroatoms. The van der Waals surface area contributed by atoms with Gasteiger partial charge in [0.1, 0.15) is 10.7 Å². The Morgan fingerprint density at radius 2 is 2.32 bits per heavy atom. The average molecular weight is 373 g/mol. The molecule has 1 aromatic heterocycles. The number of rotatable bonds is 3. The van der Waals surface area contributed by atoms with Gasteiger partial charge in [-0.2, -0.15) is 4.31 Å².